The van der Waals surface area contributed by atoms with E-state index in [4.69, 9.17) is 18.1 Å². The van der Waals surface area contributed by atoms with Crippen LogP contribution in [0.3, 0.4) is 0 Å². The van der Waals surface area contributed by atoms with Gasteiger partial charge in [0.25, 0.3) is 0 Å². The van der Waals surface area contributed by atoms with E-state index in [1.807, 2.05) is 57.2 Å². The monoisotopic (exact) mass is 789 g/mol. The van der Waals surface area contributed by atoms with Crippen molar-refractivity contribution in [2.45, 2.75) is 47.2 Å². The largest absolute Gasteiger partial charge is 0.500 e. The van der Waals surface area contributed by atoms with Gasteiger partial charge in [-0.3, -0.25) is 0 Å². The Labute approximate surface area is 300 Å². The number of furan rings is 1. The van der Waals surface area contributed by atoms with E-state index in [1.165, 1.54) is 24.4 Å². The quantitative estimate of drug-likeness (QED) is 0.163. The Hall–Kier alpha value is -4.37. The van der Waals surface area contributed by atoms with E-state index in [0.29, 0.717) is 50.4 Å². The first-order chi connectivity index (χ1) is 25.7. The van der Waals surface area contributed by atoms with Crippen LogP contribution in [-0.2, 0) is 32.9 Å². The predicted molar refractivity (Wildman–Crippen MR) is 186 cm³/mol. The fourth-order valence-corrected chi connectivity index (χ4v) is 4.94. The molecule has 0 N–H and O–H groups in total. The number of rotatable bonds is 5. The summed E-state index contributed by atoms with van der Waals surface area (Å²) >= 11 is 0. The van der Waals surface area contributed by atoms with Crippen LogP contribution in [0.1, 0.15) is 62.3 Å². The van der Waals surface area contributed by atoms with Crippen LogP contribution < -0.4 is 0 Å². The van der Waals surface area contributed by atoms with E-state index >= 15 is 0 Å². The molecule has 1 radical (unpaired) electrons. The van der Waals surface area contributed by atoms with Gasteiger partial charge in [0.2, 0.25) is 0 Å². The van der Waals surface area contributed by atoms with Crippen LogP contribution in [0.25, 0.3) is 44.5 Å². The maximum atomic E-state index is 8.88. The minimum absolute atomic E-state index is 0. The minimum atomic E-state index is -2.18. The summed E-state index contributed by atoms with van der Waals surface area (Å²) in [6.07, 6.45) is -0.401. The van der Waals surface area contributed by atoms with Gasteiger partial charge >= 0.3 is 0 Å². The second-order valence-electron chi connectivity index (χ2n) is 11.6. The molecular weight excluding hydrogens is 741 g/mol. The standard InChI is InChI=1S/C29H26NO.C13H12N.Ir/c1-29(2,3)19-21-15-16-30-26(18-21)25-14-8-13-24-23-12-7-11-22(27(23)31-28(24)25)17-20-9-5-4-6-10-20;1-10-3-6-12(7-4-10)13-8-5-11(2)9-14-13;/h4-13,15-16,18H,17,19H2,1-3H3;3-6,8-9H,1-2H3;/q2*-1;/i17D2,19D2;1D3,2D3;. The summed E-state index contributed by atoms with van der Waals surface area (Å²) < 4.78 is 85.1. The average molecular weight is 789 g/mol. The predicted octanol–water partition coefficient (Wildman–Crippen LogP) is 10.8. The summed E-state index contributed by atoms with van der Waals surface area (Å²) in [5.74, 6) is 0. The van der Waals surface area contributed by atoms with Gasteiger partial charge in [0, 0.05) is 58.0 Å². The van der Waals surface area contributed by atoms with Crippen molar-refractivity contribution in [2.24, 2.45) is 5.41 Å². The number of aromatic nitrogens is 2. The van der Waals surface area contributed by atoms with E-state index in [9.17, 15) is 0 Å². The van der Waals surface area contributed by atoms with Crippen molar-refractivity contribution in [3.05, 3.63) is 155 Å². The van der Waals surface area contributed by atoms with Crippen LogP contribution in [-0.4, -0.2) is 9.97 Å². The van der Waals surface area contributed by atoms with Gasteiger partial charge in [-0.25, -0.2) is 0 Å². The Balaban J connectivity index is 0.000000244. The summed E-state index contributed by atoms with van der Waals surface area (Å²) in [5.41, 5.74) is 4.72. The molecule has 0 unspecified atom stereocenters. The van der Waals surface area contributed by atoms with E-state index in [0.717, 1.165) is 10.8 Å². The third-order valence-electron chi connectivity index (χ3n) is 6.90. The third-order valence-corrected chi connectivity index (χ3v) is 6.90. The average Bonchev–Trinajstić information content (AvgIpc) is 3.54. The number of para-hydroxylation sites is 1. The van der Waals surface area contributed by atoms with Crippen molar-refractivity contribution in [2.75, 3.05) is 0 Å². The second-order valence-corrected chi connectivity index (χ2v) is 11.6. The van der Waals surface area contributed by atoms with Gasteiger partial charge in [0.1, 0.15) is 5.58 Å². The van der Waals surface area contributed by atoms with Crippen molar-refractivity contribution in [3.8, 4) is 22.5 Å². The zero-order chi connectivity index (χ0) is 40.0. The van der Waals surface area contributed by atoms with Crippen LogP contribution in [0.15, 0.2) is 120 Å². The molecule has 7 rings (SSSR count). The number of fused-ring (bicyclic) bond motifs is 3. The smallest absolute Gasteiger partial charge is 0.124 e. The molecule has 0 aliphatic rings. The van der Waals surface area contributed by atoms with Crippen LogP contribution in [0.5, 0.6) is 0 Å². The SMILES string of the molecule is [2H]C([2H])([2H])c1c[c-]c(-c2ccc(C([2H])([2H])[2H])cn2)cc1.[2H]C([2H])(c1ccccc1)c1cccc2c1oc1c(-c3cc(C([2H])([2H])C(C)(C)C)ccn3)[c-]ccc12.[Ir]. The van der Waals surface area contributed by atoms with Gasteiger partial charge in [0.05, 0.1) is 5.58 Å². The summed E-state index contributed by atoms with van der Waals surface area (Å²) in [4.78, 5) is 8.59. The van der Waals surface area contributed by atoms with E-state index < -0.39 is 31.9 Å². The molecule has 0 aliphatic carbocycles. The van der Waals surface area contributed by atoms with Gasteiger partial charge in [0.15, 0.2) is 0 Å². The van der Waals surface area contributed by atoms with Crippen molar-refractivity contribution in [1.82, 2.24) is 9.97 Å². The van der Waals surface area contributed by atoms with E-state index in [2.05, 4.69) is 22.1 Å². The molecule has 3 aromatic heterocycles. The van der Waals surface area contributed by atoms with E-state index in [1.54, 1.807) is 54.7 Å². The molecule has 0 saturated carbocycles. The van der Waals surface area contributed by atoms with Gasteiger partial charge < -0.3 is 14.4 Å². The number of pyridine rings is 2. The Morgan fingerprint density at radius 2 is 1.57 bits per heavy atom. The first-order valence-corrected chi connectivity index (χ1v) is 14.6. The van der Waals surface area contributed by atoms with Crippen molar-refractivity contribution in [1.29, 1.82) is 0 Å². The number of hydrogen-bond acceptors (Lipinski definition) is 3. The topological polar surface area (TPSA) is 38.9 Å². The Morgan fingerprint density at radius 3 is 2.28 bits per heavy atom. The Morgan fingerprint density at radius 1 is 0.761 bits per heavy atom. The molecule has 0 bridgehead atoms. The molecule has 0 atom stereocenters. The number of benzene rings is 4. The van der Waals surface area contributed by atoms with Crippen LogP contribution in [0.2, 0.25) is 0 Å². The van der Waals surface area contributed by atoms with Gasteiger partial charge in [-0.15, -0.1) is 53.6 Å². The molecule has 7 aromatic rings. The van der Waals surface area contributed by atoms with Gasteiger partial charge in [-0.1, -0.05) is 111 Å². The minimum Gasteiger partial charge on any atom is -0.500 e. The normalized spacial score (nSPS) is 15.5. The molecule has 0 amide bonds. The molecule has 0 spiro atoms. The molecule has 0 aliphatic heterocycles. The first kappa shape index (κ1) is 22.2. The molecule has 4 heteroatoms. The van der Waals surface area contributed by atoms with Crippen molar-refractivity contribution >= 4 is 21.9 Å². The fourth-order valence-electron chi connectivity index (χ4n) is 4.94. The maximum absolute atomic E-state index is 8.88. The third kappa shape index (κ3) is 7.88. The van der Waals surface area contributed by atoms with Crippen molar-refractivity contribution in [3.63, 3.8) is 0 Å². The molecule has 3 nitrogen and oxygen atoms in total. The zero-order valence-electron chi connectivity index (χ0n) is 35.6. The van der Waals surface area contributed by atoms with Crippen LogP contribution >= 0.6 is 0 Å². The Kier molecular flexibility index (Phi) is 6.94. The number of aryl methyl sites for hydroxylation is 2. The summed E-state index contributed by atoms with van der Waals surface area (Å²) in [6.45, 7) is 1.29. The second kappa shape index (κ2) is 14.4. The molecule has 4 aromatic carbocycles. The molecule has 3 heterocycles. The number of hydrogen-bond donors (Lipinski definition) is 0. The Bertz CT molecular complexity index is 2380. The fraction of sp³-hybridized carbons (Fsp3) is 0.190. The molecule has 46 heavy (non-hydrogen) atoms. The first-order valence-electron chi connectivity index (χ1n) is 19.6. The summed E-state index contributed by atoms with van der Waals surface area (Å²) in [7, 11) is 0. The van der Waals surface area contributed by atoms with E-state index in [-0.39, 0.29) is 31.2 Å². The summed E-state index contributed by atoms with van der Waals surface area (Å²) in [5, 5.41) is 1.65. The van der Waals surface area contributed by atoms with Crippen LogP contribution in [0, 0.1) is 31.3 Å². The molecule has 233 valence electrons. The molecule has 0 fully saturated rings. The molecular formula is C42H38IrN2O-2. The molecule has 0 saturated heterocycles. The van der Waals surface area contributed by atoms with Crippen molar-refractivity contribution < 1.29 is 38.2 Å². The zero-order valence-corrected chi connectivity index (χ0v) is 28.0. The maximum Gasteiger partial charge on any atom is 0.124 e. The van der Waals surface area contributed by atoms with Gasteiger partial charge in [-0.2, -0.15) is 0 Å². The number of nitrogens with zero attached hydrogens (tertiary/aromatic N) is 2. The summed E-state index contributed by atoms with van der Waals surface area (Å²) in [6, 6.07) is 35.5. The van der Waals surface area contributed by atoms with Gasteiger partial charge in [-0.05, 0) is 52.8 Å². The van der Waals surface area contributed by atoms with Crippen LogP contribution in [0.4, 0.5) is 0 Å².